The first-order valence-electron chi connectivity index (χ1n) is 10.00. The van der Waals surface area contributed by atoms with E-state index < -0.39 is 6.10 Å². The van der Waals surface area contributed by atoms with Gasteiger partial charge in [0.15, 0.2) is 6.10 Å². The first kappa shape index (κ1) is 22.6. The molecule has 0 saturated heterocycles. The zero-order chi connectivity index (χ0) is 22.4. The minimum absolute atomic E-state index is 0.167. The molecule has 3 aromatic rings. The number of anilines is 1. The number of amides is 2. The quantitative estimate of drug-likeness (QED) is 0.475. The van der Waals surface area contributed by atoms with Crippen LogP contribution in [0.3, 0.4) is 0 Å². The van der Waals surface area contributed by atoms with Crippen molar-refractivity contribution in [3.8, 4) is 5.75 Å². The smallest absolute Gasteiger partial charge is 0.265 e. The maximum Gasteiger partial charge on any atom is 0.265 e. The van der Waals surface area contributed by atoms with Gasteiger partial charge in [-0.3, -0.25) is 9.59 Å². The van der Waals surface area contributed by atoms with Gasteiger partial charge in [0, 0.05) is 22.3 Å². The lowest BCUT2D eigenvalue weighted by atomic mass is 10.1. The molecule has 0 aromatic heterocycles. The van der Waals surface area contributed by atoms with Crippen molar-refractivity contribution in [2.75, 3.05) is 5.32 Å². The van der Waals surface area contributed by atoms with Crippen LogP contribution in [0.25, 0.3) is 0 Å². The second-order valence-electron chi connectivity index (χ2n) is 7.36. The van der Waals surface area contributed by atoms with Gasteiger partial charge in [-0.25, -0.2) is 0 Å². The molecule has 3 aromatic carbocycles. The van der Waals surface area contributed by atoms with E-state index in [0.717, 1.165) is 21.2 Å². The predicted molar refractivity (Wildman–Crippen MR) is 126 cm³/mol. The van der Waals surface area contributed by atoms with Gasteiger partial charge in [0.25, 0.3) is 11.8 Å². The van der Waals surface area contributed by atoms with Crippen LogP contribution in [0.1, 0.15) is 34.0 Å². The second kappa shape index (κ2) is 10.3. The molecule has 0 aliphatic heterocycles. The van der Waals surface area contributed by atoms with E-state index in [2.05, 4.69) is 26.6 Å². The molecule has 160 valence electrons. The highest BCUT2D eigenvalue weighted by atomic mass is 79.9. The zero-order valence-corrected chi connectivity index (χ0v) is 19.3. The minimum Gasteiger partial charge on any atom is -0.480 e. The van der Waals surface area contributed by atoms with Crippen LogP contribution in [0.2, 0.25) is 0 Å². The van der Waals surface area contributed by atoms with Crippen LogP contribution in [0, 0.1) is 13.8 Å². The molecule has 3 rings (SSSR count). The summed E-state index contributed by atoms with van der Waals surface area (Å²) in [6.45, 7) is 6.06. The molecule has 1 atom stereocenters. The SMILES string of the molecule is Cc1cc(Br)cc(C)c1OC(C)C(=O)Nc1ccc(C(=O)NCc2ccccc2)cc1. The summed E-state index contributed by atoms with van der Waals surface area (Å²) in [6, 6.07) is 20.4. The zero-order valence-electron chi connectivity index (χ0n) is 17.7. The molecule has 1 unspecified atom stereocenters. The van der Waals surface area contributed by atoms with Crippen LogP contribution in [0.15, 0.2) is 71.2 Å². The molecule has 0 radical (unpaired) electrons. The van der Waals surface area contributed by atoms with Crippen LogP contribution in [-0.4, -0.2) is 17.9 Å². The van der Waals surface area contributed by atoms with Crippen molar-refractivity contribution < 1.29 is 14.3 Å². The van der Waals surface area contributed by atoms with Crippen LogP contribution in [0.4, 0.5) is 5.69 Å². The normalized spacial score (nSPS) is 11.5. The Morgan fingerprint density at radius 1 is 0.968 bits per heavy atom. The number of nitrogens with one attached hydrogen (secondary N) is 2. The molecular weight excluding hydrogens is 456 g/mol. The van der Waals surface area contributed by atoms with Gasteiger partial charge in [-0.2, -0.15) is 0 Å². The molecule has 6 heteroatoms. The summed E-state index contributed by atoms with van der Waals surface area (Å²) >= 11 is 3.46. The van der Waals surface area contributed by atoms with Crippen LogP contribution in [-0.2, 0) is 11.3 Å². The van der Waals surface area contributed by atoms with Gasteiger partial charge in [0.05, 0.1) is 0 Å². The number of hydrogen-bond acceptors (Lipinski definition) is 3. The number of carbonyl (C=O) groups is 2. The third kappa shape index (κ3) is 6.18. The number of benzene rings is 3. The lowest BCUT2D eigenvalue weighted by molar-refractivity contribution is -0.122. The van der Waals surface area contributed by atoms with Crippen molar-refractivity contribution in [1.29, 1.82) is 0 Å². The van der Waals surface area contributed by atoms with Crippen molar-refractivity contribution in [1.82, 2.24) is 5.32 Å². The Morgan fingerprint density at radius 2 is 1.58 bits per heavy atom. The van der Waals surface area contributed by atoms with E-state index in [1.807, 2.05) is 56.3 Å². The molecule has 5 nitrogen and oxygen atoms in total. The summed E-state index contributed by atoms with van der Waals surface area (Å²) in [6.07, 6.45) is -0.674. The van der Waals surface area contributed by atoms with E-state index in [4.69, 9.17) is 4.74 Å². The van der Waals surface area contributed by atoms with Crippen molar-refractivity contribution in [3.05, 3.63) is 93.5 Å². The standard InChI is InChI=1S/C25H25BrN2O3/c1-16-13-21(26)14-17(2)23(16)31-18(3)24(29)28-22-11-9-20(10-12-22)25(30)27-15-19-7-5-4-6-8-19/h4-14,18H,15H2,1-3H3,(H,27,30)(H,28,29). The molecule has 0 fully saturated rings. The Balaban J connectivity index is 1.56. The molecule has 2 N–H and O–H groups in total. The van der Waals surface area contributed by atoms with E-state index in [-0.39, 0.29) is 11.8 Å². The van der Waals surface area contributed by atoms with Gasteiger partial charge < -0.3 is 15.4 Å². The van der Waals surface area contributed by atoms with Gasteiger partial charge in [-0.15, -0.1) is 0 Å². The molecule has 0 aliphatic carbocycles. The highest BCUT2D eigenvalue weighted by Crippen LogP contribution is 2.28. The second-order valence-corrected chi connectivity index (χ2v) is 8.28. The Labute approximate surface area is 191 Å². The monoisotopic (exact) mass is 480 g/mol. The average Bonchev–Trinajstić information content (AvgIpc) is 2.75. The number of halogens is 1. The van der Waals surface area contributed by atoms with Gasteiger partial charge in [-0.05, 0) is 73.9 Å². The molecule has 0 heterocycles. The highest BCUT2D eigenvalue weighted by molar-refractivity contribution is 9.10. The fourth-order valence-electron chi connectivity index (χ4n) is 3.14. The van der Waals surface area contributed by atoms with E-state index in [9.17, 15) is 9.59 Å². The van der Waals surface area contributed by atoms with Gasteiger partial charge in [0.1, 0.15) is 5.75 Å². The third-order valence-corrected chi connectivity index (χ3v) is 5.26. The van der Waals surface area contributed by atoms with Gasteiger partial charge in [-0.1, -0.05) is 46.3 Å². The molecule has 0 spiro atoms. The molecule has 31 heavy (non-hydrogen) atoms. The molecular formula is C25H25BrN2O3. The van der Waals surface area contributed by atoms with Gasteiger partial charge >= 0.3 is 0 Å². The highest BCUT2D eigenvalue weighted by Gasteiger charge is 2.18. The summed E-state index contributed by atoms with van der Waals surface area (Å²) in [7, 11) is 0. The van der Waals surface area contributed by atoms with E-state index in [1.165, 1.54) is 0 Å². The minimum atomic E-state index is -0.674. The molecule has 2 amide bonds. The number of hydrogen-bond donors (Lipinski definition) is 2. The Bertz CT molecular complexity index is 1040. The lowest BCUT2D eigenvalue weighted by Gasteiger charge is -2.18. The Morgan fingerprint density at radius 3 is 2.19 bits per heavy atom. The molecule has 0 aliphatic rings. The predicted octanol–water partition coefficient (Wildman–Crippen LogP) is 5.40. The fourth-order valence-corrected chi connectivity index (χ4v) is 3.83. The summed E-state index contributed by atoms with van der Waals surface area (Å²) in [4.78, 5) is 24.9. The maximum atomic E-state index is 12.6. The summed E-state index contributed by atoms with van der Waals surface area (Å²) < 4.78 is 6.88. The number of carbonyl (C=O) groups excluding carboxylic acids is 2. The first-order chi connectivity index (χ1) is 14.8. The number of ether oxygens (including phenoxy) is 1. The van der Waals surface area contributed by atoms with E-state index in [0.29, 0.717) is 23.5 Å². The van der Waals surface area contributed by atoms with Crippen LogP contribution < -0.4 is 15.4 Å². The average molecular weight is 481 g/mol. The van der Waals surface area contributed by atoms with Crippen LogP contribution in [0.5, 0.6) is 5.75 Å². The van der Waals surface area contributed by atoms with E-state index in [1.54, 1.807) is 31.2 Å². The molecule has 0 saturated carbocycles. The summed E-state index contributed by atoms with van der Waals surface area (Å²) in [5.41, 5.74) is 4.07. The summed E-state index contributed by atoms with van der Waals surface area (Å²) in [5, 5.41) is 5.72. The largest absolute Gasteiger partial charge is 0.480 e. The van der Waals surface area contributed by atoms with Crippen molar-refractivity contribution in [3.63, 3.8) is 0 Å². The molecule has 0 bridgehead atoms. The Kier molecular flexibility index (Phi) is 7.47. The fraction of sp³-hybridized carbons (Fsp3) is 0.200. The Hall–Kier alpha value is -3.12. The van der Waals surface area contributed by atoms with E-state index >= 15 is 0 Å². The van der Waals surface area contributed by atoms with Crippen LogP contribution >= 0.6 is 15.9 Å². The van der Waals surface area contributed by atoms with Crippen molar-refractivity contribution in [2.45, 2.75) is 33.4 Å². The number of rotatable bonds is 7. The topological polar surface area (TPSA) is 67.4 Å². The number of aryl methyl sites for hydroxylation is 2. The third-order valence-electron chi connectivity index (χ3n) is 4.80. The maximum absolute atomic E-state index is 12.6. The lowest BCUT2D eigenvalue weighted by Crippen LogP contribution is -2.30. The first-order valence-corrected chi connectivity index (χ1v) is 10.8. The van der Waals surface area contributed by atoms with Gasteiger partial charge in [0.2, 0.25) is 0 Å². The summed E-state index contributed by atoms with van der Waals surface area (Å²) in [5.74, 6) is 0.277. The van der Waals surface area contributed by atoms with Crippen molar-refractivity contribution in [2.24, 2.45) is 0 Å². The van der Waals surface area contributed by atoms with Crippen molar-refractivity contribution >= 4 is 33.4 Å².